The van der Waals surface area contributed by atoms with Crippen molar-refractivity contribution in [2.45, 2.75) is 44.8 Å². The highest BCUT2D eigenvalue weighted by Crippen LogP contribution is 2.29. The Morgan fingerprint density at radius 1 is 1.12 bits per heavy atom. The predicted octanol–water partition coefficient (Wildman–Crippen LogP) is 1.58. The van der Waals surface area contributed by atoms with Crippen LogP contribution >= 0.6 is 0 Å². The van der Waals surface area contributed by atoms with E-state index in [1.807, 2.05) is 12.4 Å². The molecule has 0 aliphatic carbocycles. The molecule has 0 saturated carbocycles. The zero-order valence-corrected chi connectivity index (χ0v) is 15.1. The second-order valence-corrected chi connectivity index (χ2v) is 7.45. The molecule has 3 saturated heterocycles. The Balaban J connectivity index is 1.33. The van der Waals surface area contributed by atoms with Gasteiger partial charge in [0.1, 0.15) is 12.7 Å². The van der Waals surface area contributed by atoms with Gasteiger partial charge in [0.05, 0.1) is 0 Å². The lowest BCUT2D eigenvalue weighted by molar-refractivity contribution is -0.135. The highest BCUT2D eigenvalue weighted by atomic mass is 16.2. The maximum absolute atomic E-state index is 12.8. The molecule has 0 radical (unpaired) electrons. The summed E-state index contributed by atoms with van der Waals surface area (Å²) in [6.45, 7) is 4.68. The van der Waals surface area contributed by atoms with Gasteiger partial charge in [-0.25, -0.2) is 4.98 Å². The molecule has 26 heavy (non-hydrogen) atoms. The number of pyridine rings is 1. The maximum atomic E-state index is 12.8. The summed E-state index contributed by atoms with van der Waals surface area (Å²) >= 11 is 0. The van der Waals surface area contributed by atoms with Crippen LogP contribution in [0.15, 0.2) is 37.2 Å². The van der Waals surface area contributed by atoms with E-state index in [2.05, 4.69) is 37.0 Å². The quantitative estimate of drug-likeness (QED) is 0.788. The minimum atomic E-state index is 0.297. The topological polar surface area (TPSA) is 67.2 Å². The molecule has 0 aromatic carbocycles. The molecule has 3 aliphatic rings. The highest BCUT2D eigenvalue weighted by Gasteiger charge is 2.36. The minimum Gasteiger partial charge on any atom is -0.338 e. The fraction of sp³-hybridized carbons (Fsp3) is 0.579. The largest absolute Gasteiger partial charge is 0.338 e. The Bertz CT molecular complexity index is 704. The molecule has 5 heterocycles. The van der Waals surface area contributed by atoms with E-state index in [1.54, 1.807) is 11.0 Å². The first kappa shape index (κ1) is 17.1. The Kier molecular flexibility index (Phi) is 5.24. The van der Waals surface area contributed by atoms with Gasteiger partial charge in [0.25, 0.3) is 0 Å². The molecule has 2 aromatic rings. The zero-order chi connectivity index (χ0) is 17.8. The zero-order valence-electron chi connectivity index (χ0n) is 15.1. The Morgan fingerprint density at radius 2 is 2.00 bits per heavy atom. The van der Waals surface area contributed by atoms with Gasteiger partial charge < -0.3 is 4.90 Å². The lowest BCUT2D eigenvalue weighted by Crippen LogP contribution is -2.47. The number of carbonyl (C=O) groups is 1. The number of fused-ring (bicyclic) bond motifs is 4. The van der Waals surface area contributed by atoms with Crippen molar-refractivity contribution in [3.63, 3.8) is 0 Å². The summed E-state index contributed by atoms with van der Waals surface area (Å²) in [5, 5.41) is 4.10. The van der Waals surface area contributed by atoms with Crippen LogP contribution in [0.1, 0.15) is 31.2 Å². The van der Waals surface area contributed by atoms with Crippen molar-refractivity contribution in [3.8, 4) is 0 Å². The average molecular weight is 354 g/mol. The first-order valence-corrected chi connectivity index (χ1v) is 9.51. The SMILES string of the molecule is O=C(CCCn1cncn1)N1C[C@@H]2CC[C@H]1CN(Cc1ccncc1)C2. The molecule has 0 unspecified atom stereocenters. The van der Waals surface area contributed by atoms with E-state index in [1.165, 1.54) is 18.3 Å². The fourth-order valence-corrected chi connectivity index (χ4v) is 4.24. The second-order valence-electron chi connectivity index (χ2n) is 7.45. The van der Waals surface area contributed by atoms with Gasteiger partial charge in [-0.15, -0.1) is 0 Å². The van der Waals surface area contributed by atoms with Crippen molar-refractivity contribution >= 4 is 5.91 Å². The monoisotopic (exact) mass is 354 g/mol. The molecule has 5 rings (SSSR count). The van der Waals surface area contributed by atoms with Crippen LogP contribution in [0.2, 0.25) is 0 Å². The first-order valence-electron chi connectivity index (χ1n) is 9.51. The summed E-state index contributed by atoms with van der Waals surface area (Å²) in [5.41, 5.74) is 1.30. The van der Waals surface area contributed by atoms with Crippen molar-refractivity contribution in [3.05, 3.63) is 42.7 Å². The summed E-state index contributed by atoms with van der Waals surface area (Å²) in [6, 6.07) is 4.52. The van der Waals surface area contributed by atoms with Gasteiger partial charge >= 0.3 is 0 Å². The summed E-state index contributed by atoms with van der Waals surface area (Å²) in [6.07, 6.45) is 10.7. The number of aryl methyl sites for hydroxylation is 1. The Morgan fingerprint density at radius 3 is 2.81 bits per heavy atom. The maximum Gasteiger partial charge on any atom is 0.222 e. The second kappa shape index (κ2) is 7.95. The normalized spacial score (nSPS) is 23.2. The van der Waals surface area contributed by atoms with E-state index in [0.29, 0.717) is 24.3 Å². The van der Waals surface area contributed by atoms with E-state index in [-0.39, 0.29) is 0 Å². The summed E-state index contributed by atoms with van der Waals surface area (Å²) < 4.78 is 1.79. The number of rotatable bonds is 6. The molecule has 138 valence electrons. The van der Waals surface area contributed by atoms with Crippen LogP contribution in [0.3, 0.4) is 0 Å². The van der Waals surface area contributed by atoms with Gasteiger partial charge in [-0.1, -0.05) is 0 Å². The van der Waals surface area contributed by atoms with E-state index >= 15 is 0 Å². The van der Waals surface area contributed by atoms with E-state index in [4.69, 9.17) is 0 Å². The lowest BCUT2D eigenvalue weighted by Gasteiger charge is -2.36. The van der Waals surface area contributed by atoms with Gasteiger partial charge in [-0.2, -0.15) is 5.10 Å². The summed E-state index contributed by atoms with van der Waals surface area (Å²) in [5.74, 6) is 0.889. The Hall–Kier alpha value is -2.28. The molecule has 7 heteroatoms. The molecule has 3 aliphatic heterocycles. The Labute approximate surface area is 154 Å². The van der Waals surface area contributed by atoms with Crippen LogP contribution in [-0.2, 0) is 17.9 Å². The van der Waals surface area contributed by atoms with Crippen molar-refractivity contribution < 1.29 is 4.79 Å². The smallest absolute Gasteiger partial charge is 0.222 e. The van der Waals surface area contributed by atoms with Gasteiger partial charge in [-0.05, 0) is 42.9 Å². The third-order valence-electron chi connectivity index (χ3n) is 5.51. The molecular formula is C19H26N6O. The van der Waals surface area contributed by atoms with Gasteiger partial charge in [-0.3, -0.25) is 19.4 Å². The minimum absolute atomic E-state index is 0.297. The van der Waals surface area contributed by atoms with Crippen LogP contribution in [0.25, 0.3) is 0 Å². The third-order valence-corrected chi connectivity index (χ3v) is 5.51. The molecule has 2 atom stereocenters. The number of hydrogen-bond acceptors (Lipinski definition) is 5. The van der Waals surface area contributed by atoms with Crippen molar-refractivity contribution in [2.75, 3.05) is 19.6 Å². The van der Waals surface area contributed by atoms with Crippen LogP contribution in [-0.4, -0.2) is 61.1 Å². The molecule has 1 amide bonds. The number of amides is 1. The number of piperidine rings is 1. The van der Waals surface area contributed by atoms with E-state index < -0.39 is 0 Å². The number of nitrogens with zero attached hydrogens (tertiary/aromatic N) is 6. The fourth-order valence-electron chi connectivity index (χ4n) is 4.24. The molecule has 2 bridgehead atoms. The van der Waals surface area contributed by atoms with Crippen molar-refractivity contribution in [1.82, 2.24) is 29.5 Å². The molecule has 3 fully saturated rings. The van der Waals surface area contributed by atoms with Crippen molar-refractivity contribution in [2.24, 2.45) is 5.92 Å². The van der Waals surface area contributed by atoms with Gasteiger partial charge in [0.2, 0.25) is 5.91 Å². The number of carbonyl (C=O) groups excluding carboxylic acids is 1. The lowest BCUT2D eigenvalue weighted by atomic mass is 9.94. The van der Waals surface area contributed by atoms with Crippen LogP contribution in [0, 0.1) is 5.92 Å². The van der Waals surface area contributed by atoms with E-state index in [9.17, 15) is 4.79 Å². The molecule has 2 aromatic heterocycles. The summed E-state index contributed by atoms with van der Waals surface area (Å²) in [4.78, 5) is 25.5. The average Bonchev–Trinajstić information content (AvgIpc) is 3.02. The van der Waals surface area contributed by atoms with E-state index in [0.717, 1.165) is 45.6 Å². The van der Waals surface area contributed by atoms with Crippen LogP contribution in [0.4, 0.5) is 0 Å². The number of hydrogen-bond donors (Lipinski definition) is 0. The molecule has 0 spiro atoms. The standard InChI is InChI=1S/C19H26N6O/c26-19(2-1-9-24-15-21-14-22-24)25-12-17-3-4-18(25)13-23(11-17)10-16-5-7-20-8-6-16/h5-8,14-15,17-18H,1-4,9-13H2/t17-,18+/m1/s1. The highest BCUT2D eigenvalue weighted by molar-refractivity contribution is 5.76. The van der Waals surface area contributed by atoms with Crippen LogP contribution < -0.4 is 0 Å². The van der Waals surface area contributed by atoms with Crippen molar-refractivity contribution in [1.29, 1.82) is 0 Å². The summed E-state index contributed by atoms with van der Waals surface area (Å²) in [7, 11) is 0. The molecule has 0 N–H and O–H groups in total. The van der Waals surface area contributed by atoms with Gasteiger partial charge in [0.15, 0.2) is 0 Å². The predicted molar refractivity (Wildman–Crippen MR) is 97.0 cm³/mol. The third kappa shape index (κ3) is 4.09. The molecular weight excluding hydrogens is 328 g/mol. The first-order chi connectivity index (χ1) is 12.8. The van der Waals surface area contributed by atoms with Gasteiger partial charge in [0, 0.05) is 57.6 Å². The molecule has 7 nitrogen and oxygen atoms in total. The number of aromatic nitrogens is 4. The van der Waals surface area contributed by atoms with Crippen LogP contribution in [0.5, 0.6) is 0 Å².